The molecule has 0 spiro atoms. The minimum absolute atomic E-state index is 0.0925. The van der Waals surface area contributed by atoms with Crippen molar-refractivity contribution in [2.24, 2.45) is 11.8 Å². The van der Waals surface area contributed by atoms with Crippen LogP contribution in [0.2, 0.25) is 0 Å². The Labute approximate surface area is 458 Å². The SMILES string of the molecule is COc1ccc([C@@H](O)[C@@H](C)Oc2cc([C@@H](O)[C@@H](C)Oc3ccc(C4OC(c5ccc(O[C@H](C)[C@H](O)c6ccc(OC)c(O[C@H](C)[C@H](O)c7ccc(OC)c(OC)c7)c6)c(OC)c5)[C@H](C)[C@H]4C)cc3OC)ccc2OC)cc1C. The molecular formula is C62H76O16. The van der Waals surface area contributed by atoms with Gasteiger partial charge in [-0.1, -0.05) is 50.2 Å². The van der Waals surface area contributed by atoms with E-state index in [1.165, 1.54) is 21.3 Å². The van der Waals surface area contributed by atoms with Gasteiger partial charge in [-0.3, -0.25) is 0 Å². The third kappa shape index (κ3) is 12.9. The molecule has 6 aromatic rings. The highest BCUT2D eigenvalue weighted by molar-refractivity contribution is 5.49. The Morgan fingerprint density at radius 3 is 0.936 bits per heavy atom. The Kier molecular flexibility index (Phi) is 19.6. The largest absolute Gasteiger partial charge is 0.496 e. The first-order valence-corrected chi connectivity index (χ1v) is 26.0. The van der Waals surface area contributed by atoms with Crippen LogP contribution >= 0.6 is 0 Å². The van der Waals surface area contributed by atoms with Crippen LogP contribution in [-0.4, -0.2) is 94.6 Å². The van der Waals surface area contributed by atoms with E-state index in [9.17, 15) is 20.4 Å². The molecule has 7 rings (SSSR count). The lowest BCUT2D eigenvalue weighted by Gasteiger charge is -2.25. The van der Waals surface area contributed by atoms with Crippen LogP contribution in [0.1, 0.15) is 117 Å². The molecule has 1 fully saturated rings. The first-order valence-electron chi connectivity index (χ1n) is 26.0. The van der Waals surface area contributed by atoms with Crippen molar-refractivity contribution in [3.63, 3.8) is 0 Å². The topological polar surface area (TPSA) is 192 Å². The molecule has 0 saturated carbocycles. The van der Waals surface area contributed by atoms with E-state index in [0.717, 1.165) is 22.4 Å². The zero-order chi connectivity index (χ0) is 56.5. The average molecular weight is 1080 g/mol. The highest BCUT2D eigenvalue weighted by Crippen LogP contribution is 2.51. The molecule has 420 valence electrons. The fraction of sp³-hybridized carbons (Fsp3) is 0.419. The van der Waals surface area contributed by atoms with Crippen LogP contribution in [-0.2, 0) is 4.74 Å². The molecule has 16 nitrogen and oxygen atoms in total. The molecule has 0 amide bonds. The highest BCUT2D eigenvalue weighted by Gasteiger charge is 2.41. The van der Waals surface area contributed by atoms with Gasteiger partial charge in [0.05, 0.1) is 62.0 Å². The summed E-state index contributed by atoms with van der Waals surface area (Å²) in [5.41, 5.74) is 4.98. The quantitative estimate of drug-likeness (QED) is 0.0423. The molecule has 1 heterocycles. The monoisotopic (exact) mass is 1080 g/mol. The molecule has 1 aliphatic heterocycles. The lowest BCUT2D eigenvalue weighted by molar-refractivity contribution is 0.0281. The van der Waals surface area contributed by atoms with Crippen molar-refractivity contribution in [2.75, 3.05) is 49.8 Å². The van der Waals surface area contributed by atoms with Crippen LogP contribution in [0.5, 0.6) is 63.2 Å². The fourth-order valence-electron chi connectivity index (χ4n) is 9.84. The summed E-state index contributed by atoms with van der Waals surface area (Å²) in [6.45, 7) is 13.3. The summed E-state index contributed by atoms with van der Waals surface area (Å²) in [4.78, 5) is 0. The third-order valence-corrected chi connectivity index (χ3v) is 14.7. The summed E-state index contributed by atoms with van der Waals surface area (Å²) in [6, 6.07) is 32.3. The molecule has 16 heteroatoms. The number of aliphatic hydroxyl groups excluding tert-OH is 4. The lowest BCUT2D eigenvalue weighted by Crippen LogP contribution is -2.23. The molecule has 0 radical (unpaired) electrons. The summed E-state index contributed by atoms with van der Waals surface area (Å²) >= 11 is 0. The molecule has 1 saturated heterocycles. The van der Waals surface area contributed by atoms with E-state index in [4.69, 9.17) is 56.8 Å². The predicted octanol–water partition coefficient (Wildman–Crippen LogP) is 11.1. The van der Waals surface area contributed by atoms with Gasteiger partial charge in [-0.2, -0.15) is 0 Å². The van der Waals surface area contributed by atoms with E-state index < -0.39 is 48.8 Å². The number of hydrogen-bond acceptors (Lipinski definition) is 16. The van der Waals surface area contributed by atoms with Gasteiger partial charge in [-0.15, -0.1) is 0 Å². The standard InChI is InChI=1S/C62H76O16/c1-33-27-40(15-21-46(33)67-8)57(63)38(6)76-55-29-42(17-23-48(55)69-10)58(64)36(4)74-50-25-19-44(31-53(50)72-13)61-34(2)35(3)62(78-61)45-20-26-51(54(32-45)73-14)75-37(5)59(65)43-18-24-49(70-11)56(30-43)77-39(7)60(66)41-16-22-47(68-9)52(28-41)71-12/h15-32,34-39,57-66H,1-14H3/t34-,35-,36-,37-,38-,39-,57+,58+,59+,60+,61?,62?/m1/s1. The summed E-state index contributed by atoms with van der Waals surface area (Å²) in [6.07, 6.45) is -7.59. The van der Waals surface area contributed by atoms with Crippen molar-refractivity contribution in [3.8, 4) is 63.2 Å². The number of aliphatic hydroxyl groups is 4. The molecule has 6 aromatic carbocycles. The Bertz CT molecular complexity index is 2940. The normalized spacial score (nSPS) is 19.2. The molecule has 4 N–H and O–H groups in total. The second kappa shape index (κ2) is 26.0. The van der Waals surface area contributed by atoms with E-state index in [-0.39, 0.29) is 24.0 Å². The number of ether oxygens (including phenoxy) is 12. The van der Waals surface area contributed by atoms with Crippen molar-refractivity contribution in [2.45, 2.75) is 110 Å². The molecule has 0 bridgehead atoms. The summed E-state index contributed by atoms with van der Waals surface area (Å²) in [5.74, 6) is 5.31. The fourth-order valence-corrected chi connectivity index (χ4v) is 9.84. The van der Waals surface area contributed by atoms with Crippen LogP contribution < -0.4 is 52.1 Å². The van der Waals surface area contributed by atoms with Crippen molar-refractivity contribution in [3.05, 3.63) is 148 Å². The maximum Gasteiger partial charge on any atom is 0.162 e. The second-order valence-corrected chi connectivity index (χ2v) is 19.8. The maximum atomic E-state index is 11.6. The Balaban J connectivity index is 0.994. The van der Waals surface area contributed by atoms with Crippen molar-refractivity contribution >= 4 is 0 Å². The maximum absolute atomic E-state index is 11.6. The zero-order valence-electron chi connectivity index (χ0n) is 47.0. The number of hydrogen-bond donors (Lipinski definition) is 4. The first-order chi connectivity index (χ1) is 37.4. The summed E-state index contributed by atoms with van der Waals surface area (Å²) < 4.78 is 71.1. The molecule has 12 atom stereocenters. The van der Waals surface area contributed by atoms with Gasteiger partial charge in [0.25, 0.3) is 0 Å². The Morgan fingerprint density at radius 2 is 0.603 bits per heavy atom. The Morgan fingerprint density at radius 1 is 0.333 bits per heavy atom. The van der Waals surface area contributed by atoms with Crippen LogP contribution in [0.4, 0.5) is 0 Å². The molecule has 2 unspecified atom stereocenters. The minimum Gasteiger partial charge on any atom is -0.496 e. The van der Waals surface area contributed by atoms with Gasteiger partial charge in [0, 0.05) is 0 Å². The van der Waals surface area contributed by atoms with Gasteiger partial charge in [0.1, 0.15) is 54.6 Å². The minimum atomic E-state index is -1.09. The van der Waals surface area contributed by atoms with Crippen LogP contribution in [0.3, 0.4) is 0 Å². The molecule has 78 heavy (non-hydrogen) atoms. The van der Waals surface area contributed by atoms with Crippen molar-refractivity contribution < 1.29 is 77.3 Å². The van der Waals surface area contributed by atoms with Gasteiger partial charge in [0.15, 0.2) is 57.5 Å². The summed E-state index contributed by atoms with van der Waals surface area (Å²) in [5, 5.41) is 45.7. The predicted molar refractivity (Wildman–Crippen MR) is 294 cm³/mol. The van der Waals surface area contributed by atoms with E-state index >= 15 is 0 Å². The number of methoxy groups -OCH3 is 7. The van der Waals surface area contributed by atoms with Gasteiger partial charge >= 0.3 is 0 Å². The van der Waals surface area contributed by atoms with Crippen molar-refractivity contribution in [1.29, 1.82) is 0 Å². The third-order valence-electron chi connectivity index (χ3n) is 14.7. The number of benzene rings is 6. The van der Waals surface area contributed by atoms with E-state index in [1.807, 2.05) is 55.5 Å². The molecule has 0 aromatic heterocycles. The van der Waals surface area contributed by atoms with E-state index in [0.29, 0.717) is 79.7 Å². The van der Waals surface area contributed by atoms with Crippen LogP contribution in [0, 0.1) is 18.8 Å². The van der Waals surface area contributed by atoms with Crippen LogP contribution in [0.15, 0.2) is 109 Å². The van der Waals surface area contributed by atoms with Crippen LogP contribution in [0.25, 0.3) is 0 Å². The number of rotatable bonds is 25. The second-order valence-electron chi connectivity index (χ2n) is 19.8. The first kappa shape index (κ1) is 58.6. The Hall–Kier alpha value is -7.08. The smallest absolute Gasteiger partial charge is 0.162 e. The molecular weight excluding hydrogens is 1000 g/mol. The van der Waals surface area contributed by atoms with Gasteiger partial charge < -0.3 is 77.3 Å². The van der Waals surface area contributed by atoms with Crippen molar-refractivity contribution in [1.82, 2.24) is 0 Å². The van der Waals surface area contributed by atoms with Gasteiger partial charge in [0.2, 0.25) is 0 Å². The summed E-state index contributed by atoms with van der Waals surface area (Å²) in [7, 11) is 10.9. The van der Waals surface area contributed by atoms with E-state index in [2.05, 4.69) is 13.8 Å². The highest BCUT2D eigenvalue weighted by atomic mass is 16.6. The van der Waals surface area contributed by atoms with Gasteiger partial charge in [-0.05, 0) is 158 Å². The number of aryl methyl sites for hydroxylation is 1. The molecule has 0 aliphatic carbocycles. The lowest BCUT2D eigenvalue weighted by atomic mass is 9.85. The van der Waals surface area contributed by atoms with Gasteiger partial charge in [-0.25, -0.2) is 0 Å². The molecule has 1 aliphatic rings. The average Bonchev–Trinajstić information content (AvgIpc) is 3.84. The van der Waals surface area contributed by atoms with E-state index in [1.54, 1.807) is 117 Å². The zero-order valence-corrected chi connectivity index (χ0v) is 47.0.